The Morgan fingerprint density at radius 2 is 1.97 bits per heavy atom. The van der Waals surface area contributed by atoms with Crippen LogP contribution in [0.1, 0.15) is 30.8 Å². The van der Waals surface area contributed by atoms with Crippen molar-refractivity contribution in [3.63, 3.8) is 0 Å². The van der Waals surface area contributed by atoms with Gasteiger partial charge in [-0.05, 0) is 42.3 Å². The van der Waals surface area contributed by atoms with Gasteiger partial charge in [0.1, 0.15) is 17.7 Å². The van der Waals surface area contributed by atoms with Gasteiger partial charge in [-0.3, -0.25) is 10.2 Å². The van der Waals surface area contributed by atoms with E-state index in [1.807, 2.05) is 25.1 Å². The van der Waals surface area contributed by atoms with Crippen molar-refractivity contribution in [1.82, 2.24) is 29.6 Å². The summed E-state index contributed by atoms with van der Waals surface area (Å²) < 4.78 is 15.6. The highest BCUT2D eigenvalue weighted by Gasteiger charge is 2.22. The summed E-state index contributed by atoms with van der Waals surface area (Å²) in [6.07, 6.45) is 3.60. The highest BCUT2D eigenvalue weighted by molar-refractivity contribution is 14.1. The molecule has 3 heterocycles. The molecule has 5 rings (SSSR count). The molecule has 0 amide bonds. The Morgan fingerprint density at radius 3 is 2.74 bits per heavy atom. The highest BCUT2D eigenvalue weighted by atomic mass is 127. The summed E-state index contributed by atoms with van der Waals surface area (Å²) in [6.45, 7) is 1.99. The van der Waals surface area contributed by atoms with Crippen molar-refractivity contribution >= 4 is 56.2 Å². The summed E-state index contributed by atoms with van der Waals surface area (Å²) in [5.74, 6) is 0.640. The standard InChI is InChI=1S/C23H20FIN8O/c1-2-16(30-21-19-20(27-11-26-19)28-12-29-21)22-31-17-5-3-4-13(10-25)18(17)23(34)33(22)32-15-8-6-14(24)7-9-15/h3-9,11-12,16,32H,2,10H2,1H3,(H2,26,27,28,29,30). The van der Waals surface area contributed by atoms with Crippen LogP contribution in [-0.2, 0) is 4.43 Å². The summed E-state index contributed by atoms with van der Waals surface area (Å²) in [6, 6.07) is 11.1. The molecule has 0 fully saturated rings. The maximum atomic E-state index is 13.8. The second-order valence-corrected chi connectivity index (χ2v) is 8.36. The van der Waals surface area contributed by atoms with E-state index in [1.165, 1.54) is 23.1 Å². The van der Waals surface area contributed by atoms with E-state index in [0.29, 0.717) is 50.2 Å². The number of fused-ring (bicyclic) bond motifs is 2. The van der Waals surface area contributed by atoms with Crippen molar-refractivity contribution in [2.45, 2.75) is 23.8 Å². The molecule has 1 atom stereocenters. The van der Waals surface area contributed by atoms with Crippen LogP contribution in [0.25, 0.3) is 22.1 Å². The monoisotopic (exact) mass is 570 g/mol. The summed E-state index contributed by atoms with van der Waals surface area (Å²) in [5, 5.41) is 3.92. The number of benzene rings is 2. The van der Waals surface area contributed by atoms with E-state index in [4.69, 9.17) is 4.98 Å². The average molecular weight is 570 g/mol. The molecule has 0 bridgehead atoms. The zero-order valence-corrected chi connectivity index (χ0v) is 20.2. The lowest BCUT2D eigenvalue weighted by molar-refractivity contribution is 0.626. The van der Waals surface area contributed by atoms with Gasteiger partial charge in [0.2, 0.25) is 0 Å². The molecule has 0 aliphatic heterocycles. The molecule has 0 radical (unpaired) electrons. The van der Waals surface area contributed by atoms with Gasteiger partial charge >= 0.3 is 0 Å². The van der Waals surface area contributed by atoms with Crippen LogP contribution < -0.4 is 16.3 Å². The maximum Gasteiger partial charge on any atom is 0.280 e. The molecule has 2 aromatic carbocycles. The largest absolute Gasteiger partial charge is 0.358 e. The molecule has 11 heteroatoms. The van der Waals surface area contributed by atoms with Crippen LogP contribution in [0.3, 0.4) is 0 Å². The van der Waals surface area contributed by atoms with Crippen molar-refractivity contribution in [2.24, 2.45) is 0 Å². The number of imidazole rings is 1. The number of hydrogen-bond acceptors (Lipinski definition) is 7. The Labute approximate surface area is 207 Å². The minimum atomic E-state index is -0.386. The van der Waals surface area contributed by atoms with Crippen LogP contribution in [0, 0.1) is 5.82 Å². The fraction of sp³-hybridized carbons (Fsp3) is 0.174. The number of hydrogen-bond donors (Lipinski definition) is 3. The average Bonchev–Trinajstić information content (AvgIpc) is 3.35. The van der Waals surface area contributed by atoms with Gasteiger partial charge in [0, 0.05) is 4.43 Å². The van der Waals surface area contributed by atoms with Crippen molar-refractivity contribution in [1.29, 1.82) is 0 Å². The second kappa shape index (κ2) is 9.33. The first-order valence-electron chi connectivity index (χ1n) is 10.6. The number of aromatic nitrogens is 6. The number of H-pyrrole nitrogens is 1. The first-order valence-corrected chi connectivity index (χ1v) is 12.1. The number of rotatable bonds is 7. The van der Waals surface area contributed by atoms with E-state index in [2.05, 4.69) is 53.3 Å². The third kappa shape index (κ3) is 4.06. The molecular formula is C23H20FIN8O. The van der Waals surface area contributed by atoms with Gasteiger partial charge in [-0.2, -0.15) is 0 Å². The molecule has 0 saturated heterocycles. The zero-order valence-electron chi connectivity index (χ0n) is 18.1. The number of halogens is 2. The number of aromatic amines is 1. The second-order valence-electron chi connectivity index (χ2n) is 7.60. The van der Waals surface area contributed by atoms with Crippen LogP contribution in [0.4, 0.5) is 15.9 Å². The highest BCUT2D eigenvalue weighted by Crippen LogP contribution is 2.25. The molecule has 1 unspecified atom stereocenters. The molecule has 0 spiro atoms. The normalized spacial score (nSPS) is 12.2. The summed E-state index contributed by atoms with van der Waals surface area (Å²) in [4.78, 5) is 34.4. The van der Waals surface area contributed by atoms with Gasteiger partial charge in [-0.25, -0.2) is 29.0 Å². The van der Waals surface area contributed by atoms with Gasteiger partial charge in [-0.1, -0.05) is 41.6 Å². The molecule has 34 heavy (non-hydrogen) atoms. The summed E-state index contributed by atoms with van der Waals surface area (Å²) in [5.41, 5.74) is 6.15. The fourth-order valence-electron chi connectivity index (χ4n) is 3.81. The molecular weight excluding hydrogens is 550 g/mol. The number of nitrogens with zero attached hydrogens (tertiary/aromatic N) is 5. The van der Waals surface area contributed by atoms with E-state index < -0.39 is 0 Å². The Bertz CT molecular complexity index is 1530. The summed E-state index contributed by atoms with van der Waals surface area (Å²) in [7, 11) is 0. The molecule has 3 N–H and O–H groups in total. The van der Waals surface area contributed by atoms with Crippen LogP contribution in [0.5, 0.6) is 0 Å². The van der Waals surface area contributed by atoms with Gasteiger partial charge in [0.25, 0.3) is 5.56 Å². The topological polar surface area (TPSA) is 113 Å². The molecule has 0 saturated carbocycles. The van der Waals surface area contributed by atoms with Crippen molar-refractivity contribution in [3.05, 3.63) is 82.7 Å². The molecule has 9 nitrogen and oxygen atoms in total. The predicted octanol–water partition coefficient (Wildman–Crippen LogP) is 4.58. The quantitative estimate of drug-likeness (QED) is 0.194. The predicted molar refractivity (Wildman–Crippen MR) is 137 cm³/mol. The maximum absolute atomic E-state index is 13.8. The number of nitrogens with one attached hydrogen (secondary N) is 3. The van der Waals surface area contributed by atoms with E-state index in [-0.39, 0.29) is 17.4 Å². The number of alkyl halides is 1. The van der Waals surface area contributed by atoms with E-state index in [0.717, 1.165) is 5.56 Å². The lowest BCUT2D eigenvalue weighted by Gasteiger charge is -2.23. The third-order valence-electron chi connectivity index (χ3n) is 5.49. The van der Waals surface area contributed by atoms with Crippen molar-refractivity contribution < 1.29 is 4.39 Å². The Kier molecular flexibility index (Phi) is 6.09. The first-order chi connectivity index (χ1) is 16.6. The smallest absolute Gasteiger partial charge is 0.280 e. The van der Waals surface area contributed by atoms with Gasteiger partial charge in [-0.15, -0.1) is 0 Å². The fourth-order valence-corrected chi connectivity index (χ4v) is 4.44. The van der Waals surface area contributed by atoms with E-state index in [9.17, 15) is 9.18 Å². The Balaban J connectivity index is 1.68. The molecule has 172 valence electrons. The Hall–Kier alpha value is -3.61. The minimum absolute atomic E-state index is 0.232. The van der Waals surface area contributed by atoms with Crippen LogP contribution >= 0.6 is 22.6 Å². The summed E-state index contributed by atoms with van der Waals surface area (Å²) >= 11 is 2.23. The number of anilines is 2. The molecule has 5 aromatic rings. The van der Waals surface area contributed by atoms with E-state index >= 15 is 0 Å². The van der Waals surface area contributed by atoms with Gasteiger partial charge < -0.3 is 10.3 Å². The molecule has 0 aliphatic rings. The lowest BCUT2D eigenvalue weighted by Crippen LogP contribution is -2.34. The molecule has 0 aliphatic carbocycles. The minimum Gasteiger partial charge on any atom is -0.358 e. The van der Waals surface area contributed by atoms with Crippen molar-refractivity contribution in [3.8, 4) is 0 Å². The Morgan fingerprint density at radius 1 is 1.15 bits per heavy atom. The van der Waals surface area contributed by atoms with Gasteiger partial charge in [0.05, 0.1) is 29.0 Å². The van der Waals surface area contributed by atoms with Crippen LogP contribution in [0.15, 0.2) is 59.9 Å². The molecule has 3 aromatic heterocycles. The van der Waals surface area contributed by atoms with Gasteiger partial charge in [0.15, 0.2) is 17.3 Å². The first kappa shape index (κ1) is 22.2. The van der Waals surface area contributed by atoms with E-state index in [1.54, 1.807) is 18.5 Å². The van der Waals surface area contributed by atoms with Crippen LogP contribution in [0.2, 0.25) is 0 Å². The zero-order chi connectivity index (χ0) is 23.7. The lowest BCUT2D eigenvalue weighted by atomic mass is 10.1. The van der Waals surface area contributed by atoms with Crippen molar-refractivity contribution in [2.75, 3.05) is 10.7 Å². The SMILES string of the molecule is CCC(Nc1ncnc2[nH]cnc12)c1nc2cccc(CI)c2c(=O)n1Nc1ccc(F)cc1. The third-order valence-corrected chi connectivity index (χ3v) is 6.31. The van der Waals surface area contributed by atoms with Crippen LogP contribution in [-0.4, -0.2) is 29.6 Å².